The van der Waals surface area contributed by atoms with Gasteiger partial charge in [-0.3, -0.25) is 9.59 Å². The number of carbonyl (C=O) groups is 3. The van der Waals surface area contributed by atoms with E-state index >= 15 is 0 Å². The minimum Gasteiger partial charge on any atom is -0.451 e. The van der Waals surface area contributed by atoms with Crippen LogP contribution in [0.25, 0.3) is 0 Å². The lowest BCUT2D eigenvalue weighted by Gasteiger charge is -2.19. The Bertz CT molecular complexity index is 830. The Morgan fingerprint density at radius 1 is 0.889 bits per heavy atom. The van der Waals surface area contributed by atoms with Gasteiger partial charge >= 0.3 is 5.97 Å². The monoisotopic (exact) mass is 367 g/mol. The second kappa shape index (κ2) is 8.16. The van der Waals surface area contributed by atoms with Crippen LogP contribution in [0.3, 0.4) is 0 Å². The van der Waals surface area contributed by atoms with Gasteiger partial charge in [-0.05, 0) is 42.2 Å². The van der Waals surface area contributed by atoms with Crippen molar-refractivity contribution in [3.8, 4) is 0 Å². The van der Waals surface area contributed by atoms with E-state index in [-0.39, 0.29) is 17.1 Å². The third kappa shape index (κ3) is 5.51. The first-order valence-electron chi connectivity index (χ1n) is 8.81. The Labute approximate surface area is 159 Å². The SMILES string of the molecule is CC(=O)Nc1ccc(C(=O)OC(C)C(=O)c2ccc(C(C)(C)C)cc2)cc1. The summed E-state index contributed by atoms with van der Waals surface area (Å²) in [6.07, 6.45) is -0.895. The normalized spacial score (nSPS) is 12.2. The number of hydrogen-bond donors (Lipinski definition) is 1. The summed E-state index contributed by atoms with van der Waals surface area (Å²) < 4.78 is 5.30. The fourth-order valence-corrected chi connectivity index (χ4v) is 2.54. The van der Waals surface area contributed by atoms with E-state index in [2.05, 4.69) is 26.1 Å². The van der Waals surface area contributed by atoms with Crippen molar-refractivity contribution in [3.05, 3.63) is 65.2 Å². The van der Waals surface area contributed by atoms with E-state index in [0.717, 1.165) is 5.56 Å². The third-order valence-corrected chi connectivity index (χ3v) is 4.13. The first-order valence-corrected chi connectivity index (χ1v) is 8.81. The van der Waals surface area contributed by atoms with Crippen molar-refractivity contribution in [2.24, 2.45) is 0 Å². The summed E-state index contributed by atoms with van der Waals surface area (Å²) in [5, 5.41) is 2.62. The molecule has 142 valence electrons. The molecule has 2 aromatic carbocycles. The predicted octanol–water partition coefficient (Wildman–Crippen LogP) is 4.37. The van der Waals surface area contributed by atoms with Crippen molar-refractivity contribution in [1.82, 2.24) is 0 Å². The number of hydrogen-bond acceptors (Lipinski definition) is 4. The predicted molar refractivity (Wildman–Crippen MR) is 105 cm³/mol. The molecule has 2 aromatic rings. The van der Waals surface area contributed by atoms with Crippen LogP contribution in [-0.4, -0.2) is 23.8 Å². The topological polar surface area (TPSA) is 72.5 Å². The van der Waals surface area contributed by atoms with Crippen LogP contribution in [0.5, 0.6) is 0 Å². The van der Waals surface area contributed by atoms with E-state index in [1.807, 2.05) is 12.1 Å². The molecule has 5 nitrogen and oxygen atoms in total. The number of amides is 1. The number of nitrogens with one attached hydrogen (secondary N) is 1. The minimum atomic E-state index is -0.895. The largest absolute Gasteiger partial charge is 0.451 e. The highest BCUT2D eigenvalue weighted by Crippen LogP contribution is 2.22. The lowest BCUT2D eigenvalue weighted by Crippen LogP contribution is -2.24. The zero-order chi connectivity index (χ0) is 20.2. The van der Waals surface area contributed by atoms with Crippen LogP contribution in [0.2, 0.25) is 0 Å². The zero-order valence-electron chi connectivity index (χ0n) is 16.3. The summed E-state index contributed by atoms with van der Waals surface area (Å²) in [5.74, 6) is -1.03. The van der Waals surface area contributed by atoms with Crippen LogP contribution < -0.4 is 5.32 Å². The van der Waals surface area contributed by atoms with E-state index in [4.69, 9.17) is 4.74 Å². The maximum absolute atomic E-state index is 12.5. The van der Waals surface area contributed by atoms with Crippen molar-refractivity contribution in [1.29, 1.82) is 0 Å². The molecule has 0 spiro atoms. The molecule has 1 N–H and O–H groups in total. The molecule has 0 saturated heterocycles. The molecule has 1 atom stereocenters. The molecule has 27 heavy (non-hydrogen) atoms. The van der Waals surface area contributed by atoms with E-state index in [1.54, 1.807) is 43.3 Å². The summed E-state index contributed by atoms with van der Waals surface area (Å²) in [4.78, 5) is 35.8. The second-order valence-electron chi connectivity index (χ2n) is 7.50. The molecule has 0 fully saturated rings. The Morgan fingerprint density at radius 2 is 1.41 bits per heavy atom. The van der Waals surface area contributed by atoms with E-state index in [0.29, 0.717) is 16.8 Å². The average Bonchev–Trinajstić information content (AvgIpc) is 2.60. The fraction of sp³-hybridized carbons (Fsp3) is 0.318. The van der Waals surface area contributed by atoms with Gasteiger partial charge in [-0.2, -0.15) is 0 Å². The molecular formula is C22H25NO4. The van der Waals surface area contributed by atoms with Crippen LogP contribution in [0, 0.1) is 0 Å². The first-order chi connectivity index (χ1) is 12.6. The fourth-order valence-electron chi connectivity index (χ4n) is 2.54. The summed E-state index contributed by atoms with van der Waals surface area (Å²) in [7, 11) is 0. The molecule has 0 aliphatic rings. The van der Waals surface area contributed by atoms with Crippen molar-refractivity contribution < 1.29 is 19.1 Å². The molecule has 0 aliphatic carbocycles. The Balaban J connectivity index is 2.03. The molecule has 0 aliphatic heterocycles. The van der Waals surface area contributed by atoms with Crippen LogP contribution in [0.4, 0.5) is 5.69 Å². The highest BCUT2D eigenvalue weighted by atomic mass is 16.5. The Kier molecular flexibility index (Phi) is 6.16. The quantitative estimate of drug-likeness (QED) is 0.629. The molecule has 1 amide bonds. The third-order valence-electron chi connectivity index (χ3n) is 4.13. The van der Waals surface area contributed by atoms with Gasteiger partial charge in [0.05, 0.1) is 5.56 Å². The molecule has 0 saturated carbocycles. The van der Waals surface area contributed by atoms with Gasteiger partial charge in [0.1, 0.15) is 0 Å². The first kappa shape index (κ1) is 20.4. The number of carbonyl (C=O) groups excluding carboxylic acids is 3. The minimum absolute atomic E-state index is 0.00304. The molecule has 1 unspecified atom stereocenters. The van der Waals surface area contributed by atoms with Gasteiger partial charge in [-0.1, -0.05) is 45.0 Å². The van der Waals surface area contributed by atoms with Gasteiger partial charge in [0.15, 0.2) is 6.10 Å². The van der Waals surface area contributed by atoms with Crippen LogP contribution in [-0.2, 0) is 14.9 Å². The smallest absolute Gasteiger partial charge is 0.338 e. The second-order valence-corrected chi connectivity index (χ2v) is 7.50. The highest BCUT2D eigenvalue weighted by Gasteiger charge is 2.21. The maximum atomic E-state index is 12.5. The van der Waals surface area contributed by atoms with Gasteiger partial charge in [-0.15, -0.1) is 0 Å². The molecule has 2 rings (SSSR count). The molecule has 5 heteroatoms. The van der Waals surface area contributed by atoms with Gasteiger partial charge in [0.2, 0.25) is 11.7 Å². The number of ketones is 1. The van der Waals surface area contributed by atoms with Crippen LogP contribution >= 0.6 is 0 Å². The average molecular weight is 367 g/mol. The zero-order valence-corrected chi connectivity index (χ0v) is 16.3. The highest BCUT2D eigenvalue weighted by molar-refractivity contribution is 6.01. The van der Waals surface area contributed by atoms with Crippen LogP contribution in [0.1, 0.15) is 60.9 Å². The van der Waals surface area contributed by atoms with Gasteiger partial charge in [-0.25, -0.2) is 4.79 Å². The van der Waals surface area contributed by atoms with Crippen LogP contribution in [0.15, 0.2) is 48.5 Å². The summed E-state index contributed by atoms with van der Waals surface area (Å²) >= 11 is 0. The number of rotatable bonds is 5. The van der Waals surface area contributed by atoms with Crippen molar-refractivity contribution in [2.75, 3.05) is 5.32 Å². The van der Waals surface area contributed by atoms with E-state index in [9.17, 15) is 14.4 Å². The number of Topliss-reactive ketones (excluding diaryl/α,β-unsaturated/α-hetero) is 1. The van der Waals surface area contributed by atoms with Gasteiger partial charge in [0, 0.05) is 18.2 Å². The number of ether oxygens (including phenoxy) is 1. The van der Waals surface area contributed by atoms with Gasteiger partial charge in [0.25, 0.3) is 0 Å². The summed E-state index contributed by atoms with van der Waals surface area (Å²) in [6, 6.07) is 13.7. The number of esters is 1. The molecule has 0 radical (unpaired) electrons. The van der Waals surface area contributed by atoms with E-state index in [1.165, 1.54) is 6.92 Å². The molecular weight excluding hydrogens is 342 g/mol. The summed E-state index contributed by atoms with van der Waals surface area (Å²) in [5.41, 5.74) is 2.53. The number of benzene rings is 2. The van der Waals surface area contributed by atoms with E-state index < -0.39 is 12.1 Å². The van der Waals surface area contributed by atoms with Crippen molar-refractivity contribution >= 4 is 23.3 Å². The molecule has 0 bridgehead atoms. The lowest BCUT2D eigenvalue weighted by atomic mass is 9.86. The lowest BCUT2D eigenvalue weighted by molar-refractivity contribution is -0.114. The Hall–Kier alpha value is -2.95. The molecule has 0 aromatic heterocycles. The molecule has 0 heterocycles. The summed E-state index contributed by atoms with van der Waals surface area (Å²) in [6.45, 7) is 9.27. The van der Waals surface area contributed by atoms with Gasteiger partial charge < -0.3 is 10.1 Å². The van der Waals surface area contributed by atoms with Crippen molar-refractivity contribution in [2.45, 2.75) is 46.1 Å². The Morgan fingerprint density at radius 3 is 1.89 bits per heavy atom. The maximum Gasteiger partial charge on any atom is 0.338 e. The van der Waals surface area contributed by atoms with Crippen molar-refractivity contribution in [3.63, 3.8) is 0 Å². The number of anilines is 1. The standard InChI is InChI=1S/C22H25NO4/c1-14(20(25)16-6-10-18(11-7-16)22(3,4)5)27-21(26)17-8-12-19(13-9-17)23-15(2)24/h6-14H,1-5H3,(H,23,24).